The van der Waals surface area contributed by atoms with Gasteiger partial charge in [0.25, 0.3) is 0 Å². The van der Waals surface area contributed by atoms with E-state index in [1.807, 2.05) is 36.4 Å². The first-order valence-corrected chi connectivity index (χ1v) is 8.38. The molecule has 26 heavy (non-hydrogen) atoms. The minimum absolute atomic E-state index is 0.188. The normalized spacial score (nSPS) is 10.8. The van der Waals surface area contributed by atoms with Crippen LogP contribution in [0.25, 0.3) is 11.9 Å². The van der Waals surface area contributed by atoms with Crippen molar-refractivity contribution < 1.29 is 4.79 Å². The van der Waals surface area contributed by atoms with Gasteiger partial charge in [0.1, 0.15) is 5.82 Å². The molecule has 0 bridgehead atoms. The molecular weight excluding hydrogens is 352 g/mol. The molecule has 7 nitrogen and oxygen atoms in total. The Balaban J connectivity index is 1.41. The van der Waals surface area contributed by atoms with Crippen LogP contribution >= 0.6 is 11.6 Å². The molecule has 2 heterocycles. The van der Waals surface area contributed by atoms with E-state index in [0.29, 0.717) is 29.7 Å². The van der Waals surface area contributed by atoms with Crippen molar-refractivity contribution in [1.29, 1.82) is 0 Å². The number of benzene rings is 1. The number of anilines is 1. The van der Waals surface area contributed by atoms with Crippen LogP contribution in [0.5, 0.6) is 0 Å². The van der Waals surface area contributed by atoms with Crippen molar-refractivity contribution >= 4 is 29.4 Å². The molecule has 0 aliphatic carbocycles. The summed E-state index contributed by atoms with van der Waals surface area (Å²) in [6, 6.07) is 12.8. The zero-order chi connectivity index (χ0) is 18.2. The first kappa shape index (κ1) is 17.6. The van der Waals surface area contributed by atoms with Crippen molar-refractivity contribution in [1.82, 2.24) is 25.3 Å². The molecule has 2 aromatic heterocycles. The lowest BCUT2D eigenvalue weighted by atomic mass is 10.2. The Bertz CT molecular complexity index is 877. The second-order valence-electron chi connectivity index (χ2n) is 5.30. The number of amides is 1. The van der Waals surface area contributed by atoms with Gasteiger partial charge < -0.3 is 10.6 Å². The standard InChI is InChI=1S/C18H17ClN6O/c19-15-5-2-1-4-14(15)6-9-18(26)21-12-11-20-16-7-8-17(24-23-16)25-13-3-10-22-25/h1-10,13H,11-12H2,(H,20,23)(H,21,26)/b9-6+. The topological polar surface area (TPSA) is 84.7 Å². The molecule has 1 aromatic carbocycles. The van der Waals surface area contributed by atoms with Crippen LogP contribution in [0.1, 0.15) is 5.56 Å². The Hall–Kier alpha value is -3.19. The summed E-state index contributed by atoms with van der Waals surface area (Å²) in [5.41, 5.74) is 0.801. The van der Waals surface area contributed by atoms with Crippen molar-refractivity contribution in [3.05, 3.63) is 71.5 Å². The fourth-order valence-corrected chi connectivity index (χ4v) is 2.36. The molecule has 3 rings (SSSR count). The highest BCUT2D eigenvalue weighted by Gasteiger charge is 2.01. The monoisotopic (exact) mass is 368 g/mol. The second kappa shape index (κ2) is 8.77. The van der Waals surface area contributed by atoms with Crippen LogP contribution in [-0.2, 0) is 4.79 Å². The average molecular weight is 369 g/mol. The van der Waals surface area contributed by atoms with Crippen LogP contribution in [0.3, 0.4) is 0 Å². The summed E-state index contributed by atoms with van der Waals surface area (Å²) in [6.45, 7) is 0.982. The summed E-state index contributed by atoms with van der Waals surface area (Å²) in [4.78, 5) is 11.8. The Morgan fingerprint density at radius 2 is 2.00 bits per heavy atom. The van der Waals surface area contributed by atoms with Crippen molar-refractivity contribution in [2.24, 2.45) is 0 Å². The predicted molar refractivity (Wildman–Crippen MR) is 101 cm³/mol. The lowest BCUT2D eigenvalue weighted by molar-refractivity contribution is -0.116. The van der Waals surface area contributed by atoms with Gasteiger partial charge in [-0.2, -0.15) is 5.10 Å². The smallest absolute Gasteiger partial charge is 0.244 e. The molecule has 0 fully saturated rings. The van der Waals surface area contributed by atoms with Gasteiger partial charge in [-0.3, -0.25) is 4.79 Å². The van der Waals surface area contributed by atoms with E-state index in [1.54, 1.807) is 29.2 Å². The average Bonchev–Trinajstić information content (AvgIpc) is 3.20. The predicted octanol–water partition coefficient (Wildman–Crippen LogP) is 2.56. The molecule has 0 aliphatic rings. The molecule has 2 N–H and O–H groups in total. The SMILES string of the molecule is O=C(/C=C/c1ccccc1Cl)NCCNc1ccc(-n2cccn2)nn1. The van der Waals surface area contributed by atoms with Gasteiger partial charge >= 0.3 is 0 Å². The van der Waals surface area contributed by atoms with Gasteiger partial charge in [0, 0.05) is 36.6 Å². The summed E-state index contributed by atoms with van der Waals surface area (Å²) in [7, 11) is 0. The van der Waals surface area contributed by atoms with Crippen LogP contribution < -0.4 is 10.6 Å². The quantitative estimate of drug-likeness (QED) is 0.494. The van der Waals surface area contributed by atoms with Crippen LogP contribution in [-0.4, -0.2) is 39.0 Å². The number of carbonyl (C=O) groups excluding carboxylic acids is 1. The highest BCUT2D eigenvalue weighted by atomic mass is 35.5. The van der Waals surface area contributed by atoms with Crippen molar-refractivity contribution in [2.75, 3.05) is 18.4 Å². The van der Waals surface area contributed by atoms with E-state index in [1.165, 1.54) is 6.08 Å². The third kappa shape index (κ3) is 4.90. The molecule has 0 unspecified atom stereocenters. The summed E-state index contributed by atoms with van der Waals surface area (Å²) in [5, 5.41) is 18.7. The molecule has 0 radical (unpaired) electrons. The minimum atomic E-state index is -0.188. The number of hydrogen-bond acceptors (Lipinski definition) is 5. The Kier molecular flexibility index (Phi) is 5.95. The number of halogens is 1. The van der Waals surface area contributed by atoms with Crippen LogP contribution in [0.4, 0.5) is 5.82 Å². The molecule has 0 aliphatic heterocycles. The molecular formula is C18H17ClN6O. The van der Waals surface area contributed by atoms with Crippen molar-refractivity contribution in [2.45, 2.75) is 0 Å². The minimum Gasteiger partial charge on any atom is -0.367 e. The van der Waals surface area contributed by atoms with E-state index in [0.717, 1.165) is 5.56 Å². The lowest BCUT2D eigenvalue weighted by Gasteiger charge is -2.06. The number of hydrogen-bond donors (Lipinski definition) is 2. The van der Waals surface area contributed by atoms with Gasteiger partial charge in [-0.25, -0.2) is 4.68 Å². The summed E-state index contributed by atoms with van der Waals surface area (Å²) < 4.78 is 1.63. The fourth-order valence-electron chi connectivity index (χ4n) is 2.16. The second-order valence-corrected chi connectivity index (χ2v) is 5.71. The zero-order valence-electron chi connectivity index (χ0n) is 13.8. The number of rotatable bonds is 7. The number of nitrogens with one attached hydrogen (secondary N) is 2. The van der Waals surface area contributed by atoms with Crippen molar-refractivity contribution in [3.63, 3.8) is 0 Å². The molecule has 8 heteroatoms. The first-order valence-electron chi connectivity index (χ1n) is 8.00. The van der Waals surface area contributed by atoms with Crippen LogP contribution in [0, 0.1) is 0 Å². The molecule has 0 atom stereocenters. The van der Waals surface area contributed by atoms with Gasteiger partial charge in [-0.1, -0.05) is 29.8 Å². The maximum atomic E-state index is 11.8. The third-order valence-electron chi connectivity index (χ3n) is 3.44. The summed E-state index contributed by atoms with van der Waals surface area (Å²) >= 11 is 6.03. The Morgan fingerprint density at radius 1 is 1.12 bits per heavy atom. The number of nitrogens with zero attached hydrogens (tertiary/aromatic N) is 4. The van der Waals surface area contributed by atoms with Gasteiger partial charge in [0.15, 0.2) is 5.82 Å². The zero-order valence-corrected chi connectivity index (χ0v) is 14.6. The van der Waals surface area contributed by atoms with Crippen LogP contribution in [0.15, 0.2) is 60.9 Å². The van der Waals surface area contributed by atoms with E-state index in [9.17, 15) is 4.79 Å². The summed E-state index contributed by atoms with van der Waals surface area (Å²) in [5.74, 6) is 1.08. The molecule has 1 amide bonds. The van der Waals surface area contributed by atoms with Gasteiger partial charge in [-0.05, 0) is 35.9 Å². The highest BCUT2D eigenvalue weighted by Crippen LogP contribution is 2.15. The Morgan fingerprint density at radius 3 is 2.73 bits per heavy atom. The molecule has 3 aromatic rings. The molecule has 0 spiro atoms. The third-order valence-corrected chi connectivity index (χ3v) is 3.78. The Labute approximate surface area is 155 Å². The van der Waals surface area contributed by atoms with E-state index in [-0.39, 0.29) is 5.91 Å². The van der Waals surface area contributed by atoms with Crippen molar-refractivity contribution in [3.8, 4) is 5.82 Å². The van der Waals surface area contributed by atoms with Crippen LogP contribution in [0.2, 0.25) is 5.02 Å². The summed E-state index contributed by atoms with van der Waals surface area (Å²) in [6.07, 6.45) is 6.62. The van der Waals surface area contributed by atoms with Gasteiger partial charge in [0.2, 0.25) is 5.91 Å². The molecule has 0 saturated heterocycles. The maximum Gasteiger partial charge on any atom is 0.244 e. The van der Waals surface area contributed by atoms with E-state index >= 15 is 0 Å². The van der Waals surface area contributed by atoms with E-state index < -0.39 is 0 Å². The van der Waals surface area contributed by atoms with E-state index in [2.05, 4.69) is 25.9 Å². The molecule has 0 saturated carbocycles. The highest BCUT2D eigenvalue weighted by molar-refractivity contribution is 6.32. The van der Waals surface area contributed by atoms with Gasteiger partial charge in [0.05, 0.1) is 0 Å². The number of carbonyl (C=O) groups is 1. The van der Waals surface area contributed by atoms with Gasteiger partial charge in [-0.15, -0.1) is 10.2 Å². The van der Waals surface area contributed by atoms with E-state index in [4.69, 9.17) is 11.6 Å². The number of aromatic nitrogens is 4. The maximum absolute atomic E-state index is 11.8. The first-order chi connectivity index (χ1) is 12.7. The molecule has 132 valence electrons. The largest absolute Gasteiger partial charge is 0.367 e. The lowest BCUT2D eigenvalue weighted by Crippen LogP contribution is -2.27. The fraction of sp³-hybridized carbons (Fsp3) is 0.111.